The van der Waals surface area contributed by atoms with Crippen LogP contribution in [-0.2, 0) is 0 Å². The zero-order chi connectivity index (χ0) is 23.7. The molecule has 2 heterocycles. The Morgan fingerprint density at radius 3 is 1.38 bits per heavy atom. The van der Waals surface area contributed by atoms with Crippen LogP contribution >= 0.6 is 22.7 Å². The molecule has 6 aromatic rings. The highest BCUT2D eigenvalue weighted by atomic mass is 32.1. The first-order chi connectivity index (χ1) is 16.5. The first kappa shape index (κ1) is 22.1. The van der Waals surface area contributed by atoms with Crippen molar-refractivity contribution in [3.63, 3.8) is 0 Å². The average Bonchev–Trinajstić information content (AvgIpc) is 3.47. The molecule has 0 bridgehead atoms. The molecule has 0 saturated heterocycles. The fourth-order valence-electron chi connectivity index (χ4n) is 3.62. The third-order valence-corrected chi connectivity index (χ3v) is 7.49. The van der Waals surface area contributed by atoms with Gasteiger partial charge in [-0.3, -0.25) is 0 Å². The predicted molar refractivity (Wildman–Crippen MR) is 143 cm³/mol. The lowest BCUT2D eigenvalue weighted by Crippen LogP contribution is -1.79. The summed E-state index contributed by atoms with van der Waals surface area (Å²) in [5.74, 6) is 0.573. The Morgan fingerprint density at radius 1 is 0.559 bits per heavy atom. The molecule has 0 radical (unpaired) electrons. The van der Waals surface area contributed by atoms with Crippen LogP contribution in [-0.4, -0.2) is 20.2 Å². The maximum absolute atomic E-state index is 9.88. The highest BCUT2D eigenvalue weighted by Crippen LogP contribution is 2.36. The second-order valence-electron chi connectivity index (χ2n) is 8.01. The highest BCUT2D eigenvalue weighted by Gasteiger charge is 2.11. The van der Waals surface area contributed by atoms with Crippen molar-refractivity contribution < 1.29 is 10.2 Å². The summed E-state index contributed by atoms with van der Waals surface area (Å²) in [7, 11) is 0. The van der Waals surface area contributed by atoms with Gasteiger partial charge in [-0.15, -0.1) is 22.7 Å². The maximum Gasteiger partial charge on any atom is 0.128 e. The number of phenols is 2. The third kappa shape index (κ3) is 4.51. The summed E-state index contributed by atoms with van der Waals surface area (Å²) in [6.07, 6.45) is 0. The lowest BCUT2D eigenvalue weighted by Gasteiger charge is -2.01. The molecule has 0 spiro atoms. The second kappa shape index (κ2) is 9.25. The summed E-state index contributed by atoms with van der Waals surface area (Å²) < 4.78 is 2.28. The van der Waals surface area contributed by atoms with Gasteiger partial charge in [0.2, 0.25) is 0 Å². The van der Waals surface area contributed by atoms with Crippen molar-refractivity contribution in [2.24, 2.45) is 0 Å². The molecule has 4 nitrogen and oxygen atoms in total. The summed E-state index contributed by atoms with van der Waals surface area (Å²) in [6.45, 7) is 4.02. The van der Waals surface area contributed by atoms with Crippen LogP contribution in [0.15, 0.2) is 84.9 Å². The van der Waals surface area contributed by atoms with E-state index in [2.05, 4.69) is 9.97 Å². The molecule has 34 heavy (non-hydrogen) atoms. The number of para-hydroxylation sites is 2. The molecular weight excluding hydrogens is 460 g/mol. The van der Waals surface area contributed by atoms with E-state index in [1.807, 2.05) is 86.6 Å². The van der Waals surface area contributed by atoms with Gasteiger partial charge >= 0.3 is 0 Å². The molecule has 0 amide bonds. The number of hydrogen-bond donors (Lipinski definition) is 2. The van der Waals surface area contributed by atoms with Crippen LogP contribution in [0.4, 0.5) is 0 Å². The Morgan fingerprint density at radius 2 is 0.971 bits per heavy atom. The Balaban J connectivity index is 0.000000142. The molecule has 6 heteroatoms. The Kier molecular flexibility index (Phi) is 6.01. The molecule has 2 aromatic heterocycles. The third-order valence-electron chi connectivity index (χ3n) is 5.35. The van der Waals surface area contributed by atoms with E-state index in [1.165, 1.54) is 0 Å². The molecule has 4 aromatic carbocycles. The predicted octanol–water partition coefficient (Wildman–Crippen LogP) is 7.95. The molecule has 0 fully saturated rings. The topological polar surface area (TPSA) is 66.2 Å². The molecule has 6 rings (SSSR count). The van der Waals surface area contributed by atoms with Gasteiger partial charge in [-0.1, -0.05) is 47.5 Å². The Labute approximate surface area is 205 Å². The van der Waals surface area contributed by atoms with Crippen LogP contribution in [0.25, 0.3) is 41.6 Å². The number of aromatic nitrogens is 2. The second-order valence-corrected chi connectivity index (χ2v) is 10.1. The molecule has 0 aliphatic rings. The largest absolute Gasteiger partial charge is 0.507 e. The van der Waals surface area contributed by atoms with E-state index in [1.54, 1.807) is 34.8 Å². The van der Waals surface area contributed by atoms with Crippen molar-refractivity contribution in [1.29, 1.82) is 0 Å². The summed E-state index contributed by atoms with van der Waals surface area (Å²) in [5.41, 5.74) is 5.83. The van der Waals surface area contributed by atoms with Crippen molar-refractivity contribution >= 4 is 43.1 Å². The first-order valence-corrected chi connectivity index (χ1v) is 12.4. The minimum atomic E-state index is 0.287. The van der Waals surface area contributed by atoms with Gasteiger partial charge in [-0.2, -0.15) is 0 Å². The standard InChI is InChI=1S/2C14H11NOS/c2*1-9-6-7-12(16)10(8-9)14-15-11-4-2-3-5-13(11)17-14/h2*2-8,16H,1H3. The Bertz CT molecular complexity index is 1430. The number of aromatic hydroxyl groups is 2. The first-order valence-electron chi connectivity index (χ1n) is 10.8. The highest BCUT2D eigenvalue weighted by molar-refractivity contribution is 7.22. The number of thiazole rings is 2. The monoisotopic (exact) mass is 482 g/mol. The van der Waals surface area contributed by atoms with Gasteiger partial charge in [0.05, 0.1) is 31.6 Å². The van der Waals surface area contributed by atoms with E-state index >= 15 is 0 Å². The van der Waals surface area contributed by atoms with Crippen molar-refractivity contribution in [2.45, 2.75) is 13.8 Å². The van der Waals surface area contributed by atoms with Gasteiger partial charge in [0, 0.05) is 0 Å². The van der Waals surface area contributed by atoms with Crippen molar-refractivity contribution in [1.82, 2.24) is 9.97 Å². The van der Waals surface area contributed by atoms with Crippen molar-refractivity contribution in [2.75, 3.05) is 0 Å². The molecular formula is C28H22N2O2S2. The summed E-state index contributed by atoms with van der Waals surface area (Å²) >= 11 is 3.20. The number of nitrogens with zero attached hydrogens (tertiary/aromatic N) is 2. The fourth-order valence-corrected chi connectivity index (χ4v) is 5.60. The molecule has 0 atom stereocenters. The van der Waals surface area contributed by atoms with Gasteiger partial charge in [-0.05, 0) is 62.4 Å². The molecule has 0 aliphatic carbocycles. The van der Waals surface area contributed by atoms with Crippen molar-refractivity contribution in [3.8, 4) is 32.6 Å². The minimum absolute atomic E-state index is 0.287. The number of fused-ring (bicyclic) bond motifs is 2. The summed E-state index contributed by atoms with van der Waals surface area (Å²) in [5, 5.41) is 21.5. The lowest BCUT2D eigenvalue weighted by molar-refractivity contribution is 0.476. The van der Waals surface area contributed by atoms with Gasteiger partial charge < -0.3 is 10.2 Å². The van der Waals surface area contributed by atoms with Gasteiger partial charge in [0.1, 0.15) is 21.5 Å². The number of aryl methyl sites for hydroxylation is 2. The normalized spacial score (nSPS) is 10.9. The Hall–Kier alpha value is -3.74. The van der Waals surface area contributed by atoms with E-state index in [0.29, 0.717) is 0 Å². The summed E-state index contributed by atoms with van der Waals surface area (Å²) in [4.78, 5) is 9.09. The lowest BCUT2D eigenvalue weighted by atomic mass is 10.1. The molecule has 2 N–H and O–H groups in total. The SMILES string of the molecule is Cc1ccc(O)c(-c2nc3ccccc3s2)c1.Cc1ccc(O)c(-c2nc3ccccc3s2)c1. The van der Waals surface area contributed by atoms with Crippen LogP contribution in [0.2, 0.25) is 0 Å². The molecule has 0 aliphatic heterocycles. The van der Waals surface area contributed by atoms with Crippen molar-refractivity contribution in [3.05, 3.63) is 96.1 Å². The zero-order valence-electron chi connectivity index (χ0n) is 18.7. The van der Waals surface area contributed by atoms with E-state index in [4.69, 9.17) is 0 Å². The van der Waals surface area contributed by atoms with E-state index in [9.17, 15) is 10.2 Å². The molecule has 168 valence electrons. The van der Waals surface area contributed by atoms with Gasteiger partial charge in [0.15, 0.2) is 0 Å². The summed E-state index contributed by atoms with van der Waals surface area (Å²) in [6, 6.07) is 27.2. The van der Waals surface area contributed by atoms with E-state index in [-0.39, 0.29) is 11.5 Å². The van der Waals surface area contributed by atoms with Gasteiger partial charge in [-0.25, -0.2) is 9.97 Å². The average molecular weight is 483 g/mol. The van der Waals surface area contributed by atoms with Gasteiger partial charge in [0.25, 0.3) is 0 Å². The molecule has 0 unspecified atom stereocenters. The minimum Gasteiger partial charge on any atom is -0.507 e. The van der Waals surface area contributed by atoms with E-state index < -0.39 is 0 Å². The van der Waals surface area contributed by atoms with Crippen LogP contribution in [0.1, 0.15) is 11.1 Å². The molecule has 0 saturated carbocycles. The number of hydrogen-bond acceptors (Lipinski definition) is 6. The zero-order valence-corrected chi connectivity index (χ0v) is 20.3. The smallest absolute Gasteiger partial charge is 0.128 e. The number of phenolic OH excluding ortho intramolecular Hbond substituents is 2. The quantitative estimate of drug-likeness (QED) is 0.263. The number of rotatable bonds is 2. The van der Waals surface area contributed by atoms with Crippen LogP contribution < -0.4 is 0 Å². The number of benzene rings is 4. The van der Waals surface area contributed by atoms with Crippen LogP contribution in [0.3, 0.4) is 0 Å². The maximum atomic E-state index is 9.88. The van der Waals surface area contributed by atoms with Crippen LogP contribution in [0.5, 0.6) is 11.5 Å². The fraction of sp³-hybridized carbons (Fsp3) is 0.0714. The van der Waals surface area contributed by atoms with Crippen LogP contribution in [0, 0.1) is 13.8 Å². The van der Waals surface area contributed by atoms with E-state index in [0.717, 1.165) is 52.7 Å².